The van der Waals surface area contributed by atoms with Crippen molar-refractivity contribution in [2.45, 2.75) is 11.3 Å². The molecule has 1 fully saturated rings. The zero-order chi connectivity index (χ0) is 24.3. The summed E-state index contributed by atoms with van der Waals surface area (Å²) in [6, 6.07) is 10.7. The highest BCUT2D eigenvalue weighted by molar-refractivity contribution is 7.89. The van der Waals surface area contributed by atoms with Crippen LogP contribution < -0.4 is 4.90 Å². The summed E-state index contributed by atoms with van der Waals surface area (Å²) in [5.41, 5.74) is 0.574. The van der Waals surface area contributed by atoms with E-state index in [0.29, 0.717) is 54.7 Å². The fourth-order valence-corrected chi connectivity index (χ4v) is 6.12. The van der Waals surface area contributed by atoms with Gasteiger partial charge in [0, 0.05) is 25.2 Å². The van der Waals surface area contributed by atoms with Crippen molar-refractivity contribution in [2.75, 3.05) is 58.4 Å². The molecule has 0 aliphatic carbocycles. The molecule has 0 saturated carbocycles. The van der Waals surface area contributed by atoms with Crippen molar-refractivity contribution in [1.82, 2.24) is 14.2 Å². The standard InChI is InChI=1S/C23H27FN4O4S2.ClH/c1-26(2)11-4-12-28(23-25-21-19(24)5-3-6-20(21)33-23)22(29)17-7-9-18(10-8-17)34(30,31)27-13-15-32-16-14-27;/h3,5-10H,4,11-16H2,1-2H3;1H. The number of rotatable bonds is 8. The smallest absolute Gasteiger partial charge is 0.260 e. The zero-order valence-electron chi connectivity index (χ0n) is 19.5. The lowest BCUT2D eigenvalue weighted by molar-refractivity contribution is 0.0730. The van der Waals surface area contributed by atoms with Crippen LogP contribution in [0.4, 0.5) is 9.52 Å². The van der Waals surface area contributed by atoms with Gasteiger partial charge in [0.15, 0.2) is 5.13 Å². The molecule has 12 heteroatoms. The lowest BCUT2D eigenvalue weighted by atomic mass is 10.2. The highest BCUT2D eigenvalue weighted by Crippen LogP contribution is 2.31. The van der Waals surface area contributed by atoms with Crippen molar-refractivity contribution in [3.8, 4) is 0 Å². The number of amides is 1. The number of nitrogens with zero attached hydrogens (tertiary/aromatic N) is 4. The van der Waals surface area contributed by atoms with E-state index in [0.717, 1.165) is 6.54 Å². The minimum absolute atomic E-state index is 0. The number of benzene rings is 2. The molecular weight excluding hydrogens is 515 g/mol. The number of aromatic nitrogens is 1. The third-order valence-corrected chi connectivity index (χ3v) is 8.49. The van der Waals surface area contributed by atoms with Crippen LogP contribution in [0.5, 0.6) is 0 Å². The molecule has 1 aromatic heterocycles. The molecule has 0 spiro atoms. The van der Waals surface area contributed by atoms with E-state index in [1.165, 1.54) is 46.0 Å². The Morgan fingerprint density at radius 3 is 2.43 bits per heavy atom. The van der Waals surface area contributed by atoms with Crippen molar-refractivity contribution in [2.24, 2.45) is 0 Å². The molecule has 4 rings (SSSR count). The van der Waals surface area contributed by atoms with Crippen LogP contribution in [0.25, 0.3) is 10.2 Å². The van der Waals surface area contributed by atoms with E-state index in [2.05, 4.69) is 4.98 Å². The average Bonchev–Trinajstić information content (AvgIpc) is 3.27. The van der Waals surface area contributed by atoms with Crippen LogP contribution in [0, 0.1) is 5.82 Å². The Balaban J connectivity index is 0.00000342. The summed E-state index contributed by atoms with van der Waals surface area (Å²) >= 11 is 1.25. The number of hydrogen-bond donors (Lipinski definition) is 0. The second-order valence-corrected chi connectivity index (χ2v) is 11.2. The van der Waals surface area contributed by atoms with Crippen LogP contribution in [0.1, 0.15) is 16.8 Å². The zero-order valence-corrected chi connectivity index (χ0v) is 22.0. The van der Waals surface area contributed by atoms with E-state index in [9.17, 15) is 17.6 Å². The summed E-state index contributed by atoms with van der Waals surface area (Å²) in [7, 11) is 0.251. The van der Waals surface area contributed by atoms with Gasteiger partial charge in [0.2, 0.25) is 10.0 Å². The Bertz CT molecular complexity index is 1260. The van der Waals surface area contributed by atoms with Gasteiger partial charge in [-0.15, -0.1) is 12.4 Å². The van der Waals surface area contributed by atoms with Gasteiger partial charge in [-0.25, -0.2) is 17.8 Å². The molecule has 0 atom stereocenters. The number of halogens is 2. The molecule has 2 aromatic carbocycles. The number of thiazole rings is 1. The molecule has 1 aliphatic heterocycles. The molecule has 35 heavy (non-hydrogen) atoms. The molecule has 1 aliphatic rings. The van der Waals surface area contributed by atoms with Gasteiger partial charge in [0.05, 0.1) is 22.8 Å². The summed E-state index contributed by atoms with van der Waals surface area (Å²) < 4.78 is 47.3. The monoisotopic (exact) mass is 542 g/mol. The lowest BCUT2D eigenvalue weighted by Gasteiger charge is -2.26. The molecule has 0 unspecified atom stereocenters. The number of para-hydroxylation sites is 1. The Kier molecular flexibility index (Phi) is 9.19. The van der Waals surface area contributed by atoms with Crippen molar-refractivity contribution in [3.05, 3.63) is 53.8 Å². The fourth-order valence-electron chi connectivity index (χ4n) is 3.71. The maximum atomic E-state index is 14.2. The van der Waals surface area contributed by atoms with Crippen LogP contribution in [0.2, 0.25) is 0 Å². The number of morpholine rings is 1. The van der Waals surface area contributed by atoms with Crippen LogP contribution in [0.3, 0.4) is 0 Å². The fraction of sp³-hybridized carbons (Fsp3) is 0.391. The summed E-state index contributed by atoms with van der Waals surface area (Å²) in [5, 5.41) is 0.411. The largest absolute Gasteiger partial charge is 0.379 e. The van der Waals surface area contributed by atoms with E-state index in [4.69, 9.17) is 4.74 Å². The second kappa shape index (κ2) is 11.7. The van der Waals surface area contributed by atoms with Gasteiger partial charge >= 0.3 is 0 Å². The van der Waals surface area contributed by atoms with Crippen molar-refractivity contribution in [3.63, 3.8) is 0 Å². The molecule has 0 N–H and O–H groups in total. The summed E-state index contributed by atoms with van der Waals surface area (Å²) in [6.45, 7) is 2.49. The number of carbonyl (C=O) groups excluding carboxylic acids is 1. The maximum Gasteiger partial charge on any atom is 0.260 e. The molecule has 0 radical (unpaired) electrons. The highest BCUT2D eigenvalue weighted by Gasteiger charge is 2.27. The van der Waals surface area contributed by atoms with Crippen LogP contribution >= 0.6 is 23.7 Å². The number of hydrogen-bond acceptors (Lipinski definition) is 7. The minimum Gasteiger partial charge on any atom is -0.379 e. The lowest BCUT2D eigenvalue weighted by Crippen LogP contribution is -2.40. The number of anilines is 1. The first-order valence-electron chi connectivity index (χ1n) is 11.0. The second-order valence-electron chi connectivity index (χ2n) is 8.24. The van der Waals surface area contributed by atoms with E-state index < -0.39 is 15.8 Å². The average molecular weight is 543 g/mol. The van der Waals surface area contributed by atoms with Gasteiger partial charge in [-0.1, -0.05) is 17.4 Å². The third kappa shape index (κ3) is 6.16. The van der Waals surface area contributed by atoms with Gasteiger partial charge in [-0.3, -0.25) is 9.69 Å². The summed E-state index contributed by atoms with van der Waals surface area (Å²) in [5.74, 6) is -0.744. The Morgan fingerprint density at radius 1 is 1.11 bits per heavy atom. The van der Waals surface area contributed by atoms with E-state index in [-0.39, 0.29) is 28.7 Å². The normalized spacial score (nSPS) is 14.7. The molecule has 2 heterocycles. The van der Waals surface area contributed by atoms with Gasteiger partial charge in [0.1, 0.15) is 11.3 Å². The van der Waals surface area contributed by atoms with Gasteiger partial charge in [-0.2, -0.15) is 4.31 Å². The van der Waals surface area contributed by atoms with Crippen molar-refractivity contribution >= 4 is 55.0 Å². The SMILES string of the molecule is CN(C)CCCN(C(=O)c1ccc(S(=O)(=O)N2CCOCC2)cc1)c1nc2c(F)cccc2s1.Cl. The van der Waals surface area contributed by atoms with E-state index in [1.54, 1.807) is 17.0 Å². The van der Waals surface area contributed by atoms with Crippen LogP contribution in [-0.2, 0) is 14.8 Å². The number of fused-ring (bicyclic) bond motifs is 1. The summed E-state index contributed by atoms with van der Waals surface area (Å²) in [4.78, 5) is 21.5. The van der Waals surface area contributed by atoms with Crippen molar-refractivity contribution < 1.29 is 22.3 Å². The minimum atomic E-state index is -3.65. The maximum absolute atomic E-state index is 14.2. The molecule has 1 amide bonds. The van der Waals surface area contributed by atoms with E-state index >= 15 is 0 Å². The Hall–Kier alpha value is -2.15. The molecule has 0 bridgehead atoms. The molecule has 1 saturated heterocycles. The quantitative estimate of drug-likeness (QED) is 0.433. The number of carbonyl (C=O) groups is 1. The first kappa shape index (κ1) is 27.4. The molecular formula is C23H28ClFN4O4S2. The van der Waals surface area contributed by atoms with E-state index in [1.807, 2.05) is 19.0 Å². The van der Waals surface area contributed by atoms with Gasteiger partial charge in [-0.05, 0) is 63.5 Å². The first-order chi connectivity index (χ1) is 16.3. The van der Waals surface area contributed by atoms with Crippen LogP contribution in [-0.4, -0.2) is 82.0 Å². The molecule has 8 nitrogen and oxygen atoms in total. The Labute approximate surface area is 214 Å². The van der Waals surface area contributed by atoms with Gasteiger partial charge < -0.3 is 9.64 Å². The van der Waals surface area contributed by atoms with Gasteiger partial charge in [0.25, 0.3) is 5.91 Å². The molecule has 3 aromatic rings. The van der Waals surface area contributed by atoms with Crippen molar-refractivity contribution in [1.29, 1.82) is 0 Å². The predicted molar refractivity (Wildman–Crippen MR) is 138 cm³/mol. The third-order valence-electron chi connectivity index (χ3n) is 5.53. The van der Waals surface area contributed by atoms with Crippen LogP contribution in [0.15, 0.2) is 47.4 Å². The number of sulfonamides is 1. The molecule has 190 valence electrons. The highest BCUT2D eigenvalue weighted by atomic mass is 35.5. The number of ether oxygens (including phenoxy) is 1. The topological polar surface area (TPSA) is 83.1 Å². The predicted octanol–water partition coefficient (Wildman–Crippen LogP) is 3.48. The summed E-state index contributed by atoms with van der Waals surface area (Å²) in [6.07, 6.45) is 0.695. The first-order valence-corrected chi connectivity index (χ1v) is 13.2. The Morgan fingerprint density at radius 2 is 1.80 bits per heavy atom.